The van der Waals surface area contributed by atoms with Crippen molar-refractivity contribution in [2.45, 2.75) is 20.8 Å². The second-order valence-electron chi connectivity index (χ2n) is 4.15. The first-order valence-corrected chi connectivity index (χ1v) is 6.79. The van der Waals surface area contributed by atoms with E-state index in [1.54, 1.807) is 11.8 Å². The molecular weight excluding hydrogens is 276 g/mol. The van der Waals surface area contributed by atoms with E-state index in [1.165, 1.54) is 6.33 Å². The van der Waals surface area contributed by atoms with Crippen LogP contribution in [0.15, 0.2) is 6.33 Å². The van der Waals surface area contributed by atoms with Crippen LogP contribution in [0.4, 0.5) is 17.3 Å². The number of hydrogen-bond donors (Lipinski definition) is 2. The highest BCUT2D eigenvalue weighted by Crippen LogP contribution is 2.31. The lowest BCUT2D eigenvalue weighted by Crippen LogP contribution is -2.38. The molecule has 0 unspecified atom stereocenters. The van der Waals surface area contributed by atoms with Gasteiger partial charge in [-0.3, -0.25) is 14.9 Å². The average molecular weight is 296 g/mol. The van der Waals surface area contributed by atoms with E-state index < -0.39 is 4.92 Å². The number of aromatic nitrogens is 2. The Labute approximate surface area is 122 Å². The molecule has 0 spiro atoms. The Hall–Kier alpha value is -2.45. The van der Waals surface area contributed by atoms with Gasteiger partial charge in [0.15, 0.2) is 0 Å². The summed E-state index contributed by atoms with van der Waals surface area (Å²) in [5, 5.41) is 16.8. The molecule has 0 aromatic carbocycles. The predicted octanol–water partition coefficient (Wildman–Crippen LogP) is 0.779. The highest BCUT2D eigenvalue weighted by Gasteiger charge is 2.27. The second-order valence-corrected chi connectivity index (χ2v) is 4.15. The van der Waals surface area contributed by atoms with E-state index in [0.29, 0.717) is 19.6 Å². The third-order valence-electron chi connectivity index (χ3n) is 2.72. The summed E-state index contributed by atoms with van der Waals surface area (Å²) in [7, 11) is 0. The largest absolute Gasteiger partial charge is 0.364 e. The highest BCUT2D eigenvalue weighted by atomic mass is 16.6. The van der Waals surface area contributed by atoms with Gasteiger partial charge in [0.25, 0.3) is 0 Å². The zero-order valence-corrected chi connectivity index (χ0v) is 12.4. The van der Waals surface area contributed by atoms with E-state index in [-0.39, 0.29) is 29.8 Å². The summed E-state index contributed by atoms with van der Waals surface area (Å²) in [5.74, 6) is 0.0822. The minimum Gasteiger partial charge on any atom is -0.364 e. The Morgan fingerprint density at radius 2 is 2.05 bits per heavy atom. The van der Waals surface area contributed by atoms with Gasteiger partial charge in [0.05, 0.1) is 11.5 Å². The van der Waals surface area contributed by atoms with Gasteiger partial charge in [0.2, 0.25) is 17.5 Å². The Kier molecular flexibility index (Phi) is 6.31. The molecule has 21 heavy (non-hydrogen) atoms. The van der Waals surface area contributed by atoms with E-state index in [4.69, 9.17) is 0 Å². The number of carbonyl (C=O) groups excluding carboxylic acids is 1. The molecule has 0 bridgehead atoms. The Morgan fingerprint density at radius 1 is 1.33 bits per heavy atom. The monoisotopic (exact) mass is 296 g/mol. The number of rotatable bonds is 8. The van der Waals surface area contributed by atoms with Gasteiger partial charge >= 0.3 is 5.69 Å². The maximum Gasteiger partial charge on any atom is 0.353 e. The lowest BCUT2D eigenvalue weighted by Gasteiger charge is -2.21. The smallest absolute Gasteiger partial charge is 0.353 e. The number of nitro groups is 1. The zero-order chi connectivity index (χ0) is 15.8. The lowest BCUT2D eigenvalue weighted by molar-refractivity contribution is -0.383. The molecule has 0 aliphatic rings. The normalized spacial score (nSPS) is 10.0. The average Bonchev–Trinajstić information content (AvgIpc) is 2.45. The molecule has 1 aromatic rings. The van der Waals surface area contributed by atoms with E-state index in [2.05, 4.69) is 20.6 Å². The number of nitrogens with zero attached hydrogens (tertiary/aromatic N) is 4. The van der Waals surface area contributed by atoms with Crippen LogP contribution in [0.1, 0.15) is 20.8 Å². The van der Waals surface area contributed by atoms with Crippen molar-refractivity contribution in [3.05, 3.63) is 16.4 Å². The molecule has 0 aliphatic carbocycles. The maximum absolute atomic E-state index is 11.7. The van der Waals surface area contributed by atoms with Crippen LogP contribution in [0.25, 0.3) is 0 Å². The Balaban J connectivity index is 3.16. The summed E-state index contributed by atoms with van der Waals surface area (Å²) >= 11 is 0. The number of anilines is 2. The predicted molar refractivity (Wildman–Crippen MR) is 79.4 cm³/mol. The molecule has 1 amide bonds. The van der Waals surface area contributed by atoms with E-state index in [1.807, 2.05) is 13.8 Å². The van der Waals surface area contributed by atoms with Crippen LogP contribution in [0, 0.1) is 10.1 Å². The van der Waals surface area contributed by atoms with Crippen molar-refractivity contribution in [2.24, 2.45) is 0 Å². The maximum atomic E-state index is 11.7. The fourth-order valence-corrected chi connectivity index (χ4v) is 1.83. The minimum absolute atomic E-state index is 0.00770. The number of nitrogens with one attached hydrogen (secondary N) is 2. The number of amides is 1. The van der Waals surface area contributed by atoms with Gasteiger partial charge in [-0.2, -0.15) is 0 Å². The summed E-state index contributed by atoms with van der Waals surface area (Å²) in [5.41, 5.74) is -0.217. The van der Waals surface area contributed by atoms with E-state index in [0.717, 1.165) is 0 Å². The third kappa shape index (κ3) is 4.26. The number of carbonyl (C=O) groups is 1. The Morgan fingerprint density at radius 3 is 2.57 bits per heavy atom. The summed E-state index contributed by atoms with van der Waals surface area (Å²) in [6.07, 6.45) is 1.25. The molecule has 1 aromatic heterocycles. The van der Waals surface area contributed by atoms with Gasteiger partial charge in [0, 0.05) is 19.6 Å². The highest BCUT2D eigenvalue weighted by molar-refractivity contribution is 5.82. The summed E-state index contributed by atoms with van der Waals surface area (Å²) < 4.78 is 0. The van der Waals surface area contributed by atoms with Crippen LogP contribution < -0.4 is 15.5 Å². The molecular formula is C12H20N6O3. The molecule has 116 valence electrons. The van der Waals surface area contributed by atoms with Gasteiger partial charge in [-0.15, -0.1) is 0 Å². The summed E-state index contributed by atoms with van der Waals surface area (Å²) in [6, 6.07) is 0. The standard InChI is InChI=1S/C12H20N6O3/c1-4-13-9(19)7-17(6-3)12-10(18(20)21)11(14-5-2)15-8-16-12/h8H,4-7H2,1-3H3,(H,13,19)(H,14,15,16). The first-order valence-electron chi connectivity index (χ1n) is 6.79. The third-order valence-corrected chi connectivity index (χ3v) is 2.72. The fourth-order valence-electron chi connectivity index (χ4n) is 1.83. The van der Waals surface area contributed by atoms with Crippen LogP contribution in [-0.4, -0.2) is 47.0 Å². The molecule has 0 saturated heterocycles. The van der Waals surface area contributed by atoms with Crippen molar-refractivity contribution in [1.29, 1.82) is 0 Å². The molecule has 1 rings (SSSR count). The fraction of sp³-hybridized carbons (Fsp3) is 0.583. The van der Waals surface area contributed by atoms with Crippen LogP contribution in [0.3, 0.4) is 0 Å². The van der Waals surface area contributed by atoms with Crippen molar-refractivity contribution >= 4 is 23.2 Å². The van der Waals surface area contributed by atoms with Crippen molar-refractivity contribution in [3.63, 3.8) is 0 Å². The van der Waals surface area contributed by atoms with Crippen molar-refractivity contribution in [2.75, 3.05) is 36.4 Å². The molecule has 0 atom stereocenters. The Bertz CT molecular complexity index is 508. The van der Waals surface area contributed by atoms with Crippen LogP contribution in [0.2, 0.25) is 0 Å². The zero-order valence-electron chi connectivity index (χ0n) is 12.4. The SMILES string of the molecule is CCNC(=O)CN(CC)c1ncnc(NCC)c1[N+](=O)[O-]. The molecule has 1 heterocycles. The summed E-state index contributed by atoms with van der Waals surface area (Å²) in [6.45, 7) is 6.86. The van der Waals surface area contributed by atoms with Crippen LogP contribution >= 0.6 is 0 Å². The van der Waals surface area contributed by atoms with Crippen molar-refractivity contribution < 1.29 is 9.72 Å². The first kappa shape index (κ1) is 16.6. The first-order chi connectivity index (χ1) is 10.0. The topological polar surface area (TPSA) is 113 Å². The molecule has 0 aliphatic heterocycles. The molecule has 2 N–H and O–H groups in total. The number of likely N-dealkylation sites (N-methyl/N-ethyl adjacent to an activating group) is 2. The van der Waals surface area contributed by atoms with E-state index >= 15 is 0 Å². The quantitative estimate of drug-likeness (QED) is 0.538. The van der Waals surface area contributed by atoms with Gasteiger partial charge in [-0.25, -0.2) is 9.97 Å². The van der Waals surface area contributed by atoms with Crippen molar-refractivity contribution in [3.8, 4) is 0 Å². The van der Waals surface area contributed by atoms with Crippen LogP contribution in [0.5, 0.6) is 0 Å². The summed E-state index contributed by atoms with van der Waals surface area (Å²) in [4.78, 5) is 31.9. The molecule has 0 fully saturated rings. The molecule has 9 nitrogen and oxygen atoms in total. The molecule has 0 radical (unpaired) electrons. The van der Waals surface area contributed by atoms with Gasteiger partial charge in [-0.1, -0.05) is 0 Å². The minimum atomic E-state index is -0.534. The molecule has 9 heteroatoms. The van der Waals surface area contributed by atoms with Crippen LogP contribution in [-0.2, 0) is 4.79 Å². The van der Waals surface area contributed by atoms with Crippen molar-refractivity contribution in [1.82, 2.24) is 15.3 Å². The molecule has 0 saturated carbocycles. The number of hydrogen-bond acceptors (Lipinski definition) is 7. The second kappa shape index (κ2) is 7.98. The van der Waals surface area contributed by atoms with Gasteiger partial charge in [-0.05, 0) is 20.8 Å². The van der Waals surface area contributed by atoms with Gasteiger partial charge < -0.3 is 15.5 Å². The van der Waals surface area contributed by atoms with Gasteiger partial charge in [0.1, 0.15) is 6.33 Å². The lowest BCUT2D eigenvalue weighted by atomic mass is 10.3. The van der Waals surface area contributed by atoms with E-state index in [9.17, 15) is 14.9 Å².